The van der Waals surface area contributed by atoms with Gasteiger partial charge in [-0.05, 0) is 17.8 Å². The smallest absolute Gasteiger partial charge is 0.309 e. The average molecular weight is 214 g/mol. The zero-order chi connectivity index (χ0) is 11.8. The number of hydrogen-bond acceptors (Lipinski definition) is 3. The molecule has 0 saturated heterocycles. The molecule has 1 N–H and O–H groups in total. The van der Waals surface area contributed by atoms with E-state index in [2.05, 4.69) is 0 Å². The average Bonchev–Trinajstić information content (AvgIpc) is 2.35. The Labute approximate surface area is 89.6 Å². The Morgan fingerprint density at radius 2 is 1.93 bits per heavy atom. The Balaban J connectivity index is 3.00. The van der Waals surface area contributed by atoms with E-state index in [-0.39, 0.29) is 17.8 Å². The minimum Gasteiger partial charge on any atom is -0.481 e. The van der Waals surface area contributed by atoms with Crippen LogP contribution in [-0.2, 0) is 14.3 Å². The van der Waals surface area contributed by atoms with Gasteiger partial charge in [-0.15, -0.1) is 0 Å². The SMILES string of the molecule is COC(=O)[C@@H]1[C@H](C)C[C@@H](C(=O)O)C1(C)C. The van der Waals surface area contributed by atoms with Crippen molar-refractivity contribution in [3.8, 4) is 0 Å². The molecule has 0 unspecified atom stereocenters. The fourth-order valence-electron chi connectivity index (χ4n) is 2.84. The lowest BCUT2D eigenvalue weighted by Gasteiger charge is -2.29. The number of carboxylic acids is 1. The fourth-order valence-corrected chi connectivity index (χ4v) is 2.84. The fraction of sp³-hybridized carbons (Fsp3) is 0.818. The minimum atomic E-state index is -0.821. The van der Waals surface area contributed by atoms with Crippen molar-refractivity contribution in [2.45, 2.75) is 27.2 Å². The first-order chi connectivity index (χ1) is 6.82. The number of ether oxygens (including phenoxy) is 1. The molecule has 1 fully saturated rings. The zero-order valence-electron chi connectivity index (χ0n) is 9.61. The van der Waals surface area contributed by atoms with Crippen LogP contribution in [0.5, 0.6) is 0 Å². The van der Waals surface area contributed by atoms with Gasteiger partial charge in [0, 0.05) is 0 Å². The summed E-state index contributed by atoms with van der Waals surface area (Å²) in [5.41, 5.74) is -0.529. The van der Waals surface area contributed by atoms with Crippen LogP contribution in [0.1, 0.15) is 27.2 Å². The number of carboxylic acid groups (broad SMARTS) is 1. The molecule has 4 nitrogen and oxygen atoms in total. The molecule has 3 atom stereocenters. The molecule has 86 valence electrons. The predicted molar refractivity (Wildman–Crippen MR) is 54.2 cm³/mol. The molecule has 4 heteroatoms. The van der Waals surface area contributed by atoms with Gasteiger partial charge in [-0.25, -0.2) is 0 Å². The van der Waals surface area contributed by atoms with E-state index in [1.165, 1.54) is 7.11 Å². The Morgan fingerprint density at radius 3 is 2.27 bits per heavy atom. The van der Waals surface area contributed by atoms with Gasteiger partial charge in [-0.3, -0.25) is 9.59 Å². The molecule has 0 bridgehead atoms. The van der Waals surface area contributed by atoms with E-state index in [1.807, 2.05) is 20.8 Å². The maximum atomic E-state index is 11.6. The Hall–Kier alpha value is -1.06. The standard InChI is InChI=1S/C11H18O4/c1-6-5-7(9(12)13)11(2,3)8(6)10(14)15-4/h6-8H,5H2,1-4H3,(H,12,13)/t6-,7+,8+/m1/s1. The Morgan fingerprint density at radius 1 is 1.40 bits per heavy atom. The molecule has 1 aliphatic carbocycles. The molecule has 0 amide bonds. The summed E-state index contributed by atoms with van der Waals surface area (Å²) in [6, 6.07) is 0. The van der Waals surface area contributed by atoms with Gasteiger partial charge in [0.1, 0.15) is 0 Å². The van der Waals surface area contributed by atoms with E-state index in [0.29, 0.717) is 6.42 Å². The van der Waals surface area contributed by atoms with Crippen LogP contribution in [0.15, 0.2) is 0 Å². The van der Waals surface area contributed by atoms with Crippen molar-refractivity contribution in [1.82, 2.24) is 0 Å². The van der Waals surface area contributed by atoms with Crippen LogP contribution in [0, 0.1) is 23.2 Å². The lowest BCUT2D eigenvalue weighted by Crippen LogP contribution is -2.36. The van der Waals surface area contributed by atoms with Crippen molar-refractivity contribution >= 4 is 11.9 Å². The van der Waals surface area contributed by atoms with Crippen LogP contribution in [0.3, 0.4) is 0 Å². The molecular weight excluding hydrogens is 196 g/mol. The van der Waals surface area contributed by atoms with Gasteiger partial charge in [0.05, 0.1) is 18.9 Å². The zero-order valence-corrected chi connectivity index (χ0v) is 9.61. The summed E-state index contributed by atoms with van der Waals surface area (Å²) in [4.78, 5) is 22.7. The molecule has 1 aliphatic rings. The van der Waals surface area contributed by atoms with E-state index >= 15 is 0 Å². The van der Waals surface area contributed by atoms with Crippen molar-refractivity contribution in [2.24, 2.45) is 23.2 Å². The van der Waals surface area contributed by atoms with E-state index in [1.54, 1.807) is 0 Å². The summed E-state index contributed by atoms with van der Waals surface area (Å²) in [7, 11) is 1.35. The summed E-state index contributed by atoms with van der Waals surface area (Å²) >= 11 is 0. The van der Waals surface area contributed by atoms with E-state index in [0.717, 1.165) is 0 Å². The highest BCUT2D eigenvalue weighted by atomic mass is 16.5. The number of hydrogen-bond donors (Lipinski definition) is 1. The van der Waals surface area contributed by atoms with Crippen molar-refractivity contribution in [3.05, 3.63) is 0 Å². The molecule has 0 aromatic carbocycles. The topological polar surface area (TPSA) is 63.6 Å². The van der Waals surface area contributed by atoms with E-state index in [4.69, 9.17) is 9.84 Å². The number of aliphatic carboxylic acids is 1. The maximum absolute atomic E-state index is 11.6. The summed E-state index contributed by atoms with van der Waals surface area (Å²) in [5, 5.41) is 9.09. The van der Waals surface area contributed by atoms with Crippen molar-refractivity contribution in [2.75, 3.05) is 7.11 Å². The summed E-state index contributed by atoms with van der Waals surface area (Å²) in [6.45, 7) is 5.57. The molecule has 0 aliphatic heterocycles. The first-order valence-corrected chi connectivity index (χ1v) is 5.13. The van der Waals surface area contributed by atoms with Crippen LogP contribution >= 0.6 is 0 Å². The maximum Gasteiger partial charge on any atom is 0.309 e. The van der Waals surface area contributed by atoms with Crippen molar-refractivity contribution in [1.29, 1.82) is 0 Å². The summed E-state index contributed by atoms with van der Waals surface area (Å²) in [5.74, 6) is -1.83. The minimum absolute atomic E-state index is 0.0635. The lowest BCUT2D eigenvalue weighted by atomic mass is 9.74. The molecule has 0 spiro atoms. The molecule has 15 heavy (non-hydrogen) atoms. The predicted octanol–water partition coefficient (Wildman–Crippen LogP) is 1.54. The van der Waals surface area contributed by atoms with Gasteiger partial charge in [0.15, 0.2) is 0 Å². The van der Waals surface area contributed by atoms with Crippen LogP contribution in [0.4, 0.5) is 0 Å². The quantitative estimate of drug-likeness (QED) is 0.708. The van der Waals surface area contributed by atoms with Gasteiger partial charge in [-0.2, -0.15) is 0 Å². The highest BCUT2D eigenvalue weighted by Gasteiger charge is 2.54. The first-order valence-electron chi connectivity index (χ1n) is 5.13. The highest BCUT2D eigenvalue weighted by molar-refractivity contribution is 5.78. The van der Waals surface area contributed by atoms with Crippen molar-refractivity contribution in [3.63, 3.8) is 0 Å². The third kappa shape index (κ3) is 1.85. The molecule has 1 rings (SSSR count). The van der Waals surface area contributed by atoms with E-state index < -0.39 is 17.3 Å². The third-order valence-electron chi connectivity index (χ3n) is 3.63. The highest BCUT2D eigenvalue weighted by Crippen LogP contribution is 2.51. The number of esters is 1. The molecule has 0 aromatic rings. The van der Waals surface area contributed by atoms with Crippen LogP contribution in [-0.4, -0.2) is 24.2 Å². The number of carbonyl (C=O) groups excluding carboxylic acids is 1. The first kappa shape index (κ1) is 12.0. The van der Waals surface area contributed by atoms with Gasteiger partial charge >= 0.3 is 11.9 Å². The summed E-state index contributed by atoms with van der Waals surface area (Å²) < 4.78 is 4.74. The number of methoxy groups -OCH3 is 1. The van der Waals surface area contributed by atoms with Crippen LogP contribution in [0.25, 0.3) is 0 Å². The monoisotopic (exact) mass is 214 g/mol. The van der Waals surface area contributed by atoms with Crippen molar-refractivity contribution < 1.29 is 19.4 Å². The molecule has 1 saturated carbocycles. The molecule has 0 radical (unpaired) electrons. The number of carbonyl (C=O) groups is 2. The van der Waals surface area contributed by atoms with Gasteiger partial charge in [0.2, 0.25) is 0 Å². The second kappa shape index (κ2) is 3.83. The van der Waals surface area contributed by atoms with Crippen LogP contribution < -0.4 is 0 Å². The molecular formula is C11H18O4. The van der Waals surface area contributed by atoms with Gasteiger partial charge in [-0.1, -0.05) is 20.8 Å². The van der Waals surface area contributed by atoms with Crippen LogP contribution in [0.2, 0.25) is 0 Å². The van der Waals surface area contributed by atoms with Gasteiger partial charge < -0.3 is 9.84 Å². The second-order valence-electron chi connectivity index (χ2n) is 4.93. The summed E-state index contributed by atoms with van der Waals surface area (Å²) in [6.07, 6.45) is 0.544. The Kier molecular flexibility index (Phi) is 3.07. The number of rotatable bonds is 2. The largest absolute Gasteiger partial charge is 0.481 e. The van der Waals surface area contributed by atoms with Gasteiger partial charge in [0.25, 0.3) is 0 Å². The normalized spacial score (nSPS) is 33.7. The molecule has 0 aromatic heterocycles. The van der Waals surface area contributed by atoms with E-state index in [9.17, 15) is 9.59 Å². The molecule has 0 heterocycles. The third-order valence-corrected chi connectivity index (χ3v) is 3.63. The lowest BCUT2D eigenvalue weighted by molar-refractivity contribution is -0.153. The Bertz CT molecular complexity index is 282. The second-order valence-corrected chi connectivity index (χ2v) is 4.93.